The Kier molecular flexibility index (Phi) is 9.59. The fourth-order valence-corrected chi connectivity index (χ4v) is 8.08. The van der Waals surface area contributed by atoms with Crippen LogP contribution in [0.2, 0.25) is 0 Å². The summed E-state index contributed by atoms with van der Waals surface area (Å²) in [7, 11) is 0. The predicted molar refractivity (Wildman–Crippen MR) is 226 cm³/mol. The van der Waals surface area contributed by atoms with Gasteiger partial charge in [0.25, 0.3) is 11.8 Å². The molecule has 9 rings (SSSR count). The van der Waals surface area contributed by atoms with Gasteiger partial charge >= 0.3 is 0 Å². The van der Waals surface area contributed by atoms with Crippen molar-refractivity contribution in [3.63, 3.8) is 0 Å². The van der Waals surface area contributed by atoms with Crippen molar-refractivity contribution in [3.05, 3.63) is 134 Å². The zero-order valence-electron chi connectivity index (χ0n) is 31.1. The van der Waals surface area contributed by atoms with Crippen LogP contribution in [0.3, 0.4) is 0 Å². The summed E-state index contributed by atoms with van der Waals surface area (Å²) in [6, 6.07) is 37.3. The smallest absolute Gasteiger partial charge is 0.261 e. The van der Waals surface area contributed by atoms with E-state index in [1.165, 1.54) is 10.8 Å². The predicted octanol–water partition coefficient (Wildman–Crippen LogP) is 10.5. The molecule has 1 aliphatic rings. The Labute approximate surface area is 324 Å². The molecule has 0 aliphatic carbocycles. The van der Waals surface area contributed by atoms with Gasteiger partial charge in [-0.05, 0) is 91.7 Å². The lowest BCUT2D eigenvalue weighted by molar-refractivity contribution is -0.127. The molecule has 8 aromatic rings. The summed E-state index contributed by atoms with van der Waals surface area (Å²) in [5.74, 6) is -0.220. The third-order valence-electron chi connectivity index (χ3n) is 10.9. The lowest BCUT2D eigenvalue weighted by atomic mass is 9.93. The molecule has 8 heteroatoms. The van der Waals surface area contributed by atoms with Gasteiger partial charge in [0.1, 0.15) is 11.5 Å². The van der Waals surface area contributed by atoms with Gasteiger partial charge in [-0.3, -0.25) is 9.59 Å². The van der Waals surface area contributed by atoms with Crippen molar-refractivity contribution in [2.24, 2.45) is 0 Å². The van der Waals surface area contributed by atoms with Crippen molar-refractivity contribution in [3.8, 4) is 0 Å². The molecule has 2 amide bonds. The van der Waals surface area contributed by atoms with Gasteiger partial charge in [-0.15, -0.1) is 0 Å². The van der Waals surface area contributed by atoms with Crippen molar-refractivity contribution in [1.82, 2.24) is 0 Å². The van der Waals surface area contributed by atoms with E-state index in [0.29, 0.717) is 50.3 Å². The molecule has 56 heavy (non-hydrogen) atoms. The Balaban J connectivity index is 0.864. The minimum Gasteiger partial charge on any atom is -0.495 e. The van der Waals surface area contributed by atoms with E-state index in [9.17, 15) is 9.59 Å². The first-order chi connectivity index (χ1) is 27.4. The monoisotopic (exact) mass is 742 g/mol. The van der Waals surface area contributed by atoms with Gasteiger partial charge in [0, 0.05) is 35.4 Å². The SMILES string of the molecule is C=C1OCCCCO[C@H](C(=O)Nc2ccc3ccc4cccc5ccc2c3c45)C(=C)OCCCCO[C@@H]1C(=O)Nc1ccc2ccc3cccc4ccc1c2c34. The second-order valence-corrected chi connectivity index (χ2v) is 14.5. The largest absolute Gasteiger partial charge is 0.495 e. The normalized spacial score (nSPS) is 18.1. The highest BCUT2D eigenvalue weighted by molar-refractivity contribution is 6.27. The fraction of sp³-hybridized carbons (Fsp3) is 0.208. The molecule has 2 atom stereocenters. The number of hydrogen-bond donors (Lipinski definition) is 2. The second kappa shape index (κ2) is 15.1. The molecule has 0 bridgehead atoms. The number of carbonyl (C=O) groups excluding carboxylic acids is 2. The maximum atomic E-state index is 13.8. The Hall–Kier alpha value is -6.22. The minimum absolute atomic E-state index is 0.239. The Morgan fingerprint density at radius 3 is 1.20 bits per heavy atom. The first kappa shape index (κ1) is 35.5. The van der Waals surface area contributed by atoms with E-state index < -0.39 is 12.2 Å². The van der Waals surface area contributed by atoms with Crippen LogP contribution in [0.15, 0.2) is 134 Å². The van der Waals surface area contributed by atoms with Gasteiger partial charge in [0.15, 0.2) is 12.2 Å². The molecule has 8 nitrogen and oxygen atoms in total. The zero-order valence-corrected chi connectivity index (χ0v) is 31.1. The Morgan fingerprint density at radius 1 is 0.446 bits per heavy atom. The third-order valence-corrected chi connectivity index (χ3v) is 10.9. The molecule has 0 unspecified atom stereocenters. The van der Waals surface area contributed by atoms with Crippen molar-refractivity contribution in [2.75, 3.05) is 37.1 Å². The molecule has 2 N–H and O–H groups in total. The number of benzene rings is 8. The topological polar surface area (TPSA) is 95.1 Å². The van der Waals surface area contributed by atoms with E-state index in [-0.39, 0.29) is 36.5 Å². The molecular formula is C48H42N2O6. The van der Waals surface area contributed by atoms with Gasteiger partial charge in [0.05, 0.1) is 13.2 Å². The van der Waals surface area contributed by atoms with Crippen molar-refractivity contribution in [1.29, 1.82) is 0 Å². The maximum Gasteiger partial charge on any atom is 0.261 e. The quantitative estimate of drug-likeness (QED) is 0.174. The van der Waals surface area contributed by atoms with Gasteiger partial charge in [-0.2, -0.15) is 0 Å². The third kappa shape index (κ3) is 6.61. The number of amides is 2. The van der Waals surface area contributed by atoms with E-state index in [0.717, 1.165) is 53.9 Å². The van der Waals surface area contributed by atoms with E-state index in [4.69, 9.17) is 18.9 Å². The summed E-state index contributed by atoms with van der Waals surface area (Å²) in [6.45, 7) is 9.32. The van der Waals surface area contributed by atoms with E-state index in [1.54, 1.807) is 0 Å². The van der Waals surface area contributed by atoms with Crippen LogP contribution in [0.1, 0.15) is 25.7 Å². The van der Waals surface area contributed by atoms with Crippen LogP contribution >= 0.6 is 0 Å². The summed E-state index contributed by atoms with van der Waals surface area (Å²) in [6.07, 6.45) is 0.341. The summed E-state index contributed by atoms with van der Waals surface area (Å²) < 4.78 is 24.3. The van der Waals surface area contributed by atoms with Crippen LogP contribution in [-0.4, -0.2) is 50.4 Å². The van der Waals surface area contributed by atoms with Crippen LogP contribution in [0.5, 0.6) is 0 Å². The molecule has 1 fully saturated rings. The number of anilines is 2. The van der Waals surface area contributed by atoms with E-state index >= 15 is 0 Å². The molecule has 0 saturated carbocycles. The van der Waals surface area contributed by atoms with Crippen LogP contribution in [0, 0.1) is 0 Å². The van der Waals surface area contributed by atoms with Crippen LogP contribution < -0.4 is 10.6 Å². The molecule has 0 aromatic heterocycles. The maximum absolute atomic E-state index is 13.8. The van der Waals surface area contributed by atoms with Crippen LogP contribution in [0.25, 0.3) is 64.6 Å². The molecule has 0 radical (unpaired) electrons. The van der Waals surface area contributed by atoms with E-state index in [1.807, 2.05) is 24.3 Å². The Bertz CT molecular complexity index is 2550. The number of nitrogens with one attached hydrogen (secondary N) is 2. The van der Waals surface area contributed by atoms with Gasteiger partial charge < -0.3 is 29.6 Å². The first-order valence-electron chi connectivity index (χ1n) is 19.3. The fourth-order valence-electron chi connectivity index (χ4n) is 8.08. The molecule has 280 valence electrons. The molecule has 1 aliphatic heterocycles. The number of ether oxygens (including phenoxy) is 4. The highest BCUT2D eigenvalue weighted by Crippen LogP contribution is 2.39. The second-order valence-electron chi connectivity index (χ2n) is 14.5. The number of hydrogen-bond acceptors (Lipinski definition) is 6. The van der Waals surface area contributed by atoms with Gasteiger partial charge in [0.2, 0.25) is 0 Å². The molecular weight excluding hydrogens is 701 g/mol. The van der Waals surface area contributed by atoms with Crippen molar-refractivity contribution < 1.29 is 28.5 Å². The average molecular weight is 743 g/mol. The number of carbonyl (C=O) groups is 2. The van der Waals surface area contributed by atoms with E-state index in [2.05, 4.69) is 109 Å². The summed E-state index contributed by atoms with van der Waals surface area (Å²) in [5, 5.41) is 19.6. The minimum atomic E-state index is -1.01. The summed E-state index contributed by atoms with van der Waals surface area (Å²) in [4.78, 5) is 27.7. The number of rotatable bonds is 4. The lowest BCUT2D eigenvalue weighted by Crippen LogP contribution is -2.34. The highest BCUT2D eigenvalue weighted by atomic mass is 16.5. The average Bonchev–Trinajstić information content (AvgIpc) is 3.21. The van der Waals surface area contributed by atoms with Crippen molar-refractivity contribution in [2.45, 2.75) is 37.9 Å². The molecule has 0 spiro atoms. The van der Waals surface area contributed by atoms with Crippen LogP contribution in [0.4, 0.5) is 11.4 Å². The Morgan fingerprint density at radius 2 is 0.786 bits per heavy atom. The molecule has 1 heterocycles. The molecule has 1 saturated heterocycles. The summed E-state index contributed by atoms with van der Waals surface area (Å²) >= 11 is 0. The van der Waals surface area contributed by atoms with Gasteiger partial charge in [-0.25, -0.2) is 0 Å². The zero-order chi connectivity index (χ0) is 38.2. The van der Waals surface area contributed by atoms with Gasteiger partial charge in [-0.1, -0.05) is 110 Å². The lowest BCUT2D eigenvalue weighted by Gasteiger charge is -2.23. The highest BCUT2D eigenvalue weighted by Gasteiger charge is 2.27. The first-order valence-corrected chi connectivity index (χ1v) is 19.3. The standard InChI is InChI=1S/C48H42N2O6/c1-29-45(47(51)49-39-23-19-35-15-13-31-9-7-11-33-17-21-37(39)43(35)41(31)33)55-27-6-4-26-54-30(2)46(56-28-5-3-25-53-29)48(52)50-40-24-20-36-16-14-32-10-8-12-34-18-22-38(40)44(36)42(32)34/h7-24,45-46H,1-6,25-28H2,(H,49,51)(H,50,52)/t45-,46-/m0/s1. The summed E-state index contributed by atoms with van der Waals surface area (Å²) in [5.41, 5.74) is 1.40. The molecule has 8 aromatic carbocycles. The van der Waals surface area contributed by atoms with Crippen molar-refractivity contribution >= 4 is 87.8 Å². The van der Waals surface area contributed by atoms with Crippen LogP contribution in [-0.2, 0) is 28.5 Å².